The number of carbonyl (C=O) groups excluding carboxylic acids is 3. The second-order valence-corrected chi connectivity index (χ2v) is 8.87. The Morgan fingerprint density at radius 1 is 1.08 bits per heavy atom. The normalized spacial score (nSPS) is 14.3. The summed E-state index contributed by atoms with van der Waals surface area (Å²) in [6.07, 6.45) is 1.53. The van der Waals surface area contributed by atoms with Gasteiger partial charge in [-0.25, -0.2) is 4.79 Å². The Balaban J connectivity index is 1.52. The summed E-state index contributed by atoms with van der Waals surface area (Å²) in [4.78, 5) is 49.5. The van der Waals surface area contributed by atoms with E-state index in [1.54, 1.807) is 30.3 Å². The maximum atomic E-state index is 12.9. The second-order valence-electron chi connectivity index (χ2n) is 7.47. The molecule has 3 aromatic carbocycles. The predicted molar refractivity (Wildman–Crippen MR) is 134 cm³/mol. The average Bonchev–Trinajstić information content (AvgIpc) is 3.13. The third kappa shape index (κ3) is 5.40. The Morgan fingerprint density at radius 3 is 2.58 bits per heavy atom. The number of nitro groups is 1. The molecule has 1 saturated heterocycles. The SMILES string of the molecule is COc1cc(/C=C2\SC(=O)N(Cc3ccccc3Cl)C2=O)ccc1OC(=O)c1cccc([N+](=O)[O-])c1. The Hall–Kier alpha value is -4.15. The number of hydrogen-bond acceptors (Lipinski definition) is 8. The second kappa shape index (κ2) is 10.6. The largest absolute Gasteiger partial charge is 0.493 e. The fourth-order valence-corrected chi connectivity index (χ4v) is 4.38. The van der Waals surface area contributed by atoms with E-state index in [2.05, 4.69) is 0 Å². The number of halogens is 1. The highest BCUT2D eigenvalue weighted by Crippen LogP contribution is 2.36. The van der Waals surface area contributed by atoms with Crippen molar-refractivity contribution in [3.8, 4) is 11.5 Å². The fraction of sp³-hybridized carbons (Fsp3) is 0.0800. The number of benzene rings is 3. The number of nitro benzene ring substituents is 1. The molecule has 1 heterocycles. The minimum absolute atomic E-state index is 0.00234. The number of imide groups is 1. The van der Waals surface area contributed by atoms with E-state index in [1.807, 2.05) is 0 Å². The zero-order valence-electron chi connectivity index (χ0n) is 18.7. The lowest BCUT2D eigenvalue weighted by atomic mass is 10.1. The molecule has 1 aliphatic heterocycles. The quantitative estimate of drug-likeness (QED) is 0.127. The molecule has 0 unspecified atom stereocenters. The summed E-state index contributed by atoms with van der Waals surface area (Å²) in [5.74, 6) is -0.980. The van der Waals surface area contributed by atoms with Gasteiger partial charge in [0.25, 0.3) is 16.8 Å². The lowest BCUT2D eigenvalue weighted by Gasteiger charge is -2.13. The van der Waals surface area contributed by atoms with E-state index in [0.717, 1.165) is 22.7 Å². The van der Waals surface area contributed by atoms with Crippen molar-refractivity contribution in [2.75, 3.05) is 7.11 Å². The molecule has 9 nitrogen and oxygen atoms in total. The summed E-state index contributed by atoms with van der Waals surface area (Å²) in [5.41, 5.74) is 0.947. The fourth-order valence-electron chi connectivity index (χ4n) is 3.35. The van der Waals surface area contributed by atoms with E-state index < -0.39 is 22.0 Å². The number of hydrogen-bond donors (Lipinski definition) is 0. The molecule has 0 bridgehead atoms. The molecule has 0 aromatic heterocycles. The number of methoxy groups -OCH3 is 1. The molecule has 0 spiro atoms. The number of ether oxygens (including phenoxy) is 2. The topological polar surface area (TPSA) is 116 Å². The molecule has 0 aliphatic carbocycles. The highest BCUT2D eigenvalue weighted by atomic mass is 35.5. The van der Waals surface area contributed by atoms with Gasteiger partial charge in [-0.1, -0.05) is 41.9 Å². The Bertz CT molecular complexity index is 1420. The molecule has 4 rings (SSSR count). The van der Waals surface area contributed by atoms with Gasteiger partial charge in [-0.3, -0.25) is 24.6 Å². The predicted octanol–water partition coefficient (Wildman–Crippen LogP) is 5.71. The third-order valence-electron chi connectivity index (χ3n) is 5.14. The summed E-state index contributed by atoms with van der Waals surface area (Å²) in [6, 6.07) is 16.7. The van der Waals surface area contributed by atoms with Gasteiger partial charge in [-0.2, -0.15) is 0 Å². The van der Waals surface area contributed by atoms with Gasteiger partial charge in [-0.05, 0) is 53.2 Å². The number of carbonyl (C=O) groups is 3. The lowest BCUT2D eigenvalue weighted by molar-refractivity contribution is -0.384. The summed E-state index contributed by atoms with van der Waals surface area (Å²) in [5, 5.41) is 11.0. The van der Waals surface area contributed by atoms with Crippen LogP contribution in [0.5, 0.6) is 11.5 Å². The van der Waals surface area contributed by atoms with Crippen LogP contribution in [0.15, 0.2) is 71.6 Å². The zero-order chi connectivity index (χ0) is 25.8. The first-order valence-electron chi connectivity index (χ1n) is 10.4. The van der Waals surface area contributed by atoms with E-state index in [9.17, 15) is 24.5 Å². The van der Waals surface area contributed by atoms with Crippen molar-refractivity contribution >= 4 is 52.2 Å². The van der Waals surface area contributed by atoms with Crippen molar-refractivity contribution in [3.05, 3.63) is 103 Å². The van der Waals surface area contributed by atoms with Crippen LogP contribution >= 0.6 is 23.4 Å². The van der Waals surface area contributed by atoms with Crippen LogP contribution in [0.2, 0.25) is 5.02 Å². The van der Waals surface area contributed by atoms with Gasteiger partial charge in [0.05, 0.1) is 29.0 Å². The van der Waals surface area contributed by atoms with Gasteiger partial charge in [-0.15, -0.1) is 0 Å². The van der Waals surface area contributed by atoms with Crippen molar-refractivity contribution in [1.29, 1.82) is 0 Å². The van der Waals surface area contributed by atoms with Crippen LogP contribution in [0, 0.1) is 10.1 Å². The number of nitrogens with zero attached hydrogens (tertiary/aromatic N) is 2. The van der Waals surface area contributed by atoms with Crippen molar-refractivity contribution in [1.82, 2.24) is 4.90 Å². The first-order chi connectivity index (χ1) is 17.3. The van der Waals surface area contributed by atoms with E-state index >= 15 is 0 Å². The molecule has 0 atom stereocenters. The van der Waals surface area contributed by atoms with Crippen LogP contribution in [0.25, 0.3) is 6.08 Å². The molecular formula is C25H17ClN2O7S. The maximum absolute atomic E-state index is 12.9. The number of rotatable bonds is 7. The van der Waals surface area contributed by atoms with E-state index in [-0.39, 0.29) is 34.2 Å². The van der Waals surface area contributed by atoms with Crippen molar-refractivity contribution in [2.24, 2.45) is 0 Å². The van der Waals surface area contributed by atoms with Gasteiger partial charge in [0.1, 0.15) is 0 Å². The van der Waals surface area contributed by atoms with Crippen LogP contribution in [-0.2, 0) is 11.3 Å². The summed E-state index contributed by atoms with van der Waals surface area (Å²) in [7, 11) is 1.38. The summed E-state index contributed by atoms with van der Waals surface area (Å²) < 4.78 is 10.7. The van der Waals surface area contributed by atoms with Gasteiger partial charge >= 0.3 is 5.97 Å². The number of thioether (sulfide) groups is 1. The smallest absolute Gasteiger partial charge is 0.343 e. The highest BCUT2D eigenvalue weighted by molar-refractivity contribution is 8.18. The van der Waals surface area contributed by atoms with Gasteiger partial charge in [0, 0.05) is 17.2 Å². The highest BCUT2D eigenvalue weighted by Gasteiger charge is 2.35. The van der Waals surface area contributed by atoms with Crippen LogP contribution in [0.1, 0.15) is 21.5 Å². The number of non-ortho nitro benzene ring substituents is 1. The molecule has 0 saturated carbocycles. The Morgan fingerprint density at radius 2 is 1.86 bits per heavy atom. The lowest BCUT2D eigenvalue weighted by Crippen LogP contribution is -2.27. The monoisotopic (exact) mass is 524 g/mol. The zero-order valence-corrected chi connectivity index (χ0v) is 20.2. The molecule has 1 aliphatic rings. The maximum Gasteiger partial charge on any atom is 0.343 e. The Kier molecular flexibility index (Phi) is 7.37. The van der Waals surface area contributed by atoms with Gasteiger partial charge in [0.2, 0.25) is 0 Å². The summed E-state index contributed by atoms with van der Waals surface area (Å²) >= 11 is 6.96. The first-order valence-corrected chi connectivity index (χ1v) is 11.6. The van der Waals surface area contributed by atoms with Gasteiger partial charge < -0.3 is 9.47 Å². The molecule has 1 fully saturated rings. The molecule has 0 N–H and O–H groups in total. The first kappa shape index (κ1) is 25.0. The molecule has 0 radical (unpaired) electrons. The van der Waals surface area contributed by atoms with Crippen LogP contribution in [-0.4, -0.2) is 34.0 Å². The van der Waals surface area contributed by atoms with E-state index in [1.165, 1.54) is 43.5 Å². The van der Waals surface area contributed by atoms with E-state index in [0.29, 0.717) is 16.1 Å². The average molecular weight is 525 g/mol. The third-order valence-corrected chi connectivity index (χ3v) is 6.42. The van der Waals surface area contributed by atoms with Gasteiger partial charge in [0.15, 0.2) is 11.5 Å². The van der Waals surface area contributed by atoms with Crippen molar-refractivity contribution < 1.29 is 28.8 Å². The standard InChI is InChI=1S/C25H17ClN2O7S/c1-34-21-11-15(9-10-20(21)35-24(30)16-6-4-7-18(13-16)28(32)33)12-22-23(29)27(25(31)36-22)14-17-5-2-3-8-19(17)26/h2-13H,14H2,1H3/b22-12-. The van der Waals surface area contributed by atoms with Crippen LogP contribution in [0.4, 0.5) is 10.5 Å². The molecule has 36 heavy (non-hydrogen) atoms. The van der Waals surface area contributed by atoms with Crippen molar-refractivity contribution in [3.63, 3.8) is 0 Å². The van der Waals surface area contributed by atoms with E-state index in [4.69, 9.17) is 21.1 Å². The molecule has 182 valence electrons. The number of amides is 2. The molecule has 2 amide bonds. The minimum Gasteiger partial charge on any atom is -0.493 e. The van der Waals surface area contributed by atoms with Crippen molar-refractivity contribution in [2.45, 2.75) is 6.54 Å². The number of esters is 1. The van der Waals surface area contributed by atoms with Crippen LogP contribution < -0.4 is 9.47 Å². The summed E-state index contributed by atoms with van der Waals surface area (Å²) in [6.45, 7) is 0.0531. The molecule has 11 heteroatoms. The minimum atomic E-state index is -0.801. The van der Waals surface area contributed by atoms with Crippen LogP contribution in [0.3, 0.4) is 0 Å². The Labute approximate surface area is 214 Å². The molecular weight excluding hydrogens is 508 g/mol. The molecule has 3 aromatic rings.